The van der Waals surface area contributed by atoms with E-state index in [9.17, 15) is 19.2 Å². The molecule has 0 aliphatic rings. The van der Waals surface area contributed by atoms with Crippen LogP contribution < -0.4 is 0 Å². The summed E-state index contributed by atoms with van der Waals surface area (Å²) in [6, 6.07) is 0. The van der Waals surface area contributed by atoms with Crippen molar-refractivity contribution in [1.29, 1.82) is 0 Å². The molecule has 86 valence electrons. The molecule has 0 fully saturated rings. The Kier molecular flexibility index (Phi) is 16.9. The first-order valence-electron chi connectivity index (χ1n) is 3.84. The second kappa shape index (κ2) is 12.3. The second-order valence-electron chi connectivity index (χ2n) is 2.43. The number of rotatable bonds is 3. The summed E-state index contributed by atoms with van der Waals surface area (Å²) < 4.78 is 8.27. The summed E-state index contributed by atoms with van der Waals surface area (Å²) in [5.74, 6) is -3.12. The maximum absolute atomic E-state index is 10.7. The van der Waals surface area contributed by atoms with Crippen LogP contribution >= 0.6 is 0 Å². The Morgan fingerprint density at radius 2 is 1.00 bits per heavy atom. The van der Waals surface area contributed by atoms with E-state index < -0.39 is 23.9 Å². The van der Waals surface area contributed by atoms with Crippen molar-refractivity contribution in [3.63, 3.8) is 0 Å². The van der Waals surface area contributed by atoms with Gasteiger partial charge >= 0.3 is 99.4 Å². The van der Waals surface area contributed by atoms with Crippen LogP contribution in [0.5, 0.6) is 0 Å². The number of carbonyl (C=O) groups excluding carboxylic acids is 4. The Labute approximate surface area is 152 Å². The fourth-order valence-corrected chi connectivity index (χ4v) is 0.627. The number of ether oxygens (including phenoxy) is 2. The van der Waals surface area contributed by atoms with Crippen LogP contribution in [0.3, 0.4) is 0 Å². The van der Waals surface area contributed by atoms with Crippen LogP contribution in [-0.2, 0) is 28.7 Å². The van der Waals surface area contributed by atoms with E-state index in [1.54, 1.807) is 0 Å². The van der Waals surface area contributed by atoms with E-state index in [1.807, 2.05) is 0 Å². The fraction of sp³-hybridized carbons (Fsp3) is 0.500. The van der Waals surface area contributed by atoms with Crippen LogP contribution in [0.1, 0.15) is 26.7 Å². The third kappa shape index (κ3) is 14.8. The molecule has 0 heterocycles. The van der Waals surface area contributed by atoms with Gasteiger partial charge < -0.3 is 9.47 Å². The monoisotopic (exact) mass is 286 g/mol. The molecule has 0 aliphatic carbocycles. The molecule has 0 aromatic carbocycles. The number of hydrogen-bond donors (Lipinski definition) is 0. The summed E-state index contributed by atoms with van der Waals surface area (Å²) in [5.41, 5.74) is 0. The first-order chi connectivity index (χ1) is 6.41. The predicted molar refractivity (Wildman–Crippen MR) is 59.9 cm³/mol. The van der Waals surface area contributed by atoms with Gasteiger partial charge in [0.1, 0.15) is 0 Å². The van der Waals surface area contributed by atoms with E-state index in [4.69, 9.17) is 0 Å². The van der Waals surface area contributed by atoms with Gasteiger partial charge in [-0.2, -0.15) is 0 Å². The van der Waals surface area contributed by atoms with Crippen LogP contribution in [-0.4, -0.2) is 99.4 Å². The van der Waals surface area contributed by atoms with E-state index in [0.29, 0.717) is 0 Å². The van der Waals surface area contributed by atoms with Gasteiger partial charge in [0.05, 0.1) is 12.8 Å². The molecular formula is C8H14Ca2O6. The van der Waals surface area contributed by atoms with Gasteiger partial charge in [0.15, 0.2) is 0 Å². The van der Waals surface area contributed by atoms with Gasteiger partial charge in [-0.05, 0) is 0 Å². The first-order valence-corrected chi connectivity index (χ1v) is 3.84. The third-order valence-corrected chi connectivity index (χ3v) is 1.05. The average molecular weight is 286 g/mol. The molecule has 16 heavy (non-hydrogen) atoms. The Morgan fingerprint density at radius 3 is 1.19 bits per heavy atom. The van der Waals surface area contributed by atoms with E-state index in [2.05, 4.69) is 9.47 Å². The Hall–Kier alpha value is 0.799. The van der Waals surface area contributed by atoms with E-state index in [1.165, 1.54) is 0 Å². The minimum atomic E-state index is -0.821. The van der Waals surface area contributed by atoms with Crippen LogP contribution in [0.4, 0.5) is 0 Å². The zero-order chi connectivity index (χ0) is 11.1. The summed E-state index contributed by atoms with van der Waals surface area (Å²) in [5, 5.41) is 0. The normalized spacial score (nSPS) is 7.88. The zero-order valence-electron chi connectivity index (χ0n) is 7.86. The van der Waals surface area contributed by atoms with Crippen LogP contribution in [0.15, 0.2) is 0 Å². The van der Waals surface area contributed by atoms with Crippen molar-refractivity contribution in [1.82, 2.24) is 0 Å². The number of carbonyl (C=O) groups is 4. The summed E-state index contributed by atoms with van der Waals surface area (Å²) in [4.78, 5) is 41.9. The second-order valence-corrected chi connectivity index (χ2v) is 2.43. The molecule has 0 unspecified atom stereocenters. The van der Waals surface area contributed by atoms with Crippen LogP contribution in [0.2, 0.25) is 0 Å². The summed E-state index contributed by atoms with van der Waals surface area (Å²) >= 11 is 0. The molecule has 0 saturated carbocycles. The molecule has 0 aliphatic heterocycles. The molecule has 0 rings (SSSR count). The van der Waals surface area contributed by atoms with Crippen molar-refractivity contribution < 1.29 is 28.7 Å². The Bertz CT molecular complexity index is 248. The molecule has 0 amide bonds. The molecule has 0 aromatic heterocycles. The summed E-state index contributed by atoms with van der Waals surface area (Å²) in [6.45, 7) is 2.15. The van der Waals surface area contributed by atoms with E-state index >= 15 is 0 Å². The van der Waals surface area contributed by atoms with Gasteiger partial charge in [0.25, 0.3) is 0 Å². The molecule has 0 N–H and O–H groups in total. The Balaban J connectivity index is -0.000000845. The van der Waals surface area contributed by atoms with E-state index in [-0.39, 0.29) is 88.3 Å². The molecule has 6 nitrogen and oxygen atoms in total. The van der Waals surface area contributed by atoms with Crippen molar-refractivity contribution >= 4 is 99.4 Å². The van der Waals surface area contributed by atoms with Crippen molar-refractivity contribution in [3.05, 3.63) is 0 Å². The van der Waals surface area contributed by atoms with Gasteiger partial charge in [0.2, 0.25) is 0 Å². The van der Waals surface area contributed by atoms with Gasteiger partial charge in [-0.1, -0.05) is 0 Å². The molecular weight excluding hydrogens is 272 g/mol. The molecule has 0 atom stereocenters. The van der Waals surface area contributed by atoms with Gasteiger partial charge in [-0.15, -0.1) is 0 Å². The molecule has 8 heteroatoms. The minimum absolute atomic E-state index is 0. The first kappa shape index (κ1) is 22.0. The maximum atomic E-state index is 10.7. The molecule has 0 bridgehead atoms. The summed E-state index contributed by atoms with van der Waals surface area (Å²) in [6.07, 6.45) is -0.572. The van der Waals surface area contributed by atoms with Gasteiger partial charge in [-0.3, -0.25) is 19.2 Å². The molecule has 0 saturated heterocycles. The topological polar surface area (TPSA) is 86.7 Å². The van der Waals surface area contributed by atoms with E-state index in [0.717, 1.165) is 13.8 Å². The Morgan fingerprint density at radius 1 is 0.750 bits per heavy atom. The van der Waals surface area contributed by atoms with Crippen LogP contribution in [0.25, 0.3) is 0 Å². The predicted octanol–water partition coefficient (Wildman–Crippen LogP) is -1.89. The molecule has 0 spiro atoms. The van der Waals surface area contributed by atoms with Crippen molar-refractivity contribution in [3.8, 4) is 0 Å². The fourth-order valence-electron chi connectivity index (χ4n) is 0.627. The number of hydrogen-bond acceptors (Lipinski definition) is 6. The third-order valence-electron chi connectivity index (χ3n) is 1.05. The van der Waals surface area contributed by atoms with Gasteiger partial charge in [-0.25, -0.2) is 0 Å². The summed E-state index contributed by atoms with van der Waals surface area (Å²) in [7, 11) is 0. The van der Waals surface area contributed by atoms with Gasteiger partial charge in [0, 0.05) is 13.8 Å². The number of esters is 4. The quantitative estimate of drug-likeness (QED) is 0.343. The molecule has 0 radical (unpaired) electrons. The SMILES string of the molecule is CC(=O)OC(=O)CCC(=O)OC(C)=O.[CaH2].[CaH2]. The molecule has 0 aromatic rings. The average Bonchev–Trinajstić information content (AvgIpc) is 1.98. The zero-order valence-corrected chi connectivity index (χ0v) is 7.86. The standard InChI is InChI=1S/C8H10O6.2Ca.4H/c1-5(9)13-7(11)3-4-8(12)14-6(2)10;;;;;;/h3-4H2,1-2H3;;;;;;. The van der Waals surface area contributed by atoms with Crippen LogP contribution in [0, 0.1) is 0 Å². The van der Waals surface area contributed by atoms with Crippen molar-refractivity contribution in [2.75, 3.05) is 0 Å². The van der Waals surface area contributed by atoms with Crippen molar-refractivity contribution in [2.45, 2.75) is 26.7 Å². The van der Waals surface area contributed by atoms with Crippen molar-refractivity contribution in [2.24, 2.45) is 0 Å².